The Morgan fingerprint density at radius 2 is 2.00 bits per heavy atom. The van der Waals surface area contributed by atoms with E-state index in [1.165, 1.54) is 25.9 Å². The molecule has 0 amide bonds. The monoisotopic (exact) mass is 293 g/mol. The van der Waals surface area contributed by atoms with Gasteiger partial charge >= 0.3 is 5.97 Å². The van der Waals surface area contributed by atoms with E-state index in [-0.39, 0.29) is 0 Å². The summed E-state index contributed by atoms with van der Waals surface area (Å²) in [6.07, 6.45) is 4.75. The second kappa shape index (κ2) is 11.3. The zero-order valence-corrected chi connectivity index (χ0v) is 12.9. The highest BCUT2D eigenvalue weighted by molar-refractivity contribution is 5.88. The summed E-state index contributed by atoms with van der Waals surface area (Å²) in [6.45, 7) is 6.74. The van der Waals surface area contributed by atoms with E-state index in [0.29, 0.717) is 24.7 Å². The maximum Gasteiger partial charge on any atom is 0.373 e. The number of carbonyl (C=O) groups is 1. The van der Waals surface area contributed by atoms with Gasteiger partial charge in [0.25, 0.3) is 0 Å². The van der Waals surface area contributed by atoms with Crippen LogP contribution >= 0.6 is 0 Å². The highest BCUT2D eigenvalue weighted by Crippen LogP contribution is 2.12. The first-order valence-electron chi connectivity index (χ1n) is 7.60. The largest absolute Gasteiger partial charge is 0.378 e. The lowest BCUT2D eigenvalue weighted by atomic mass is 10.0. The summed E-state index contributed by atoms with van der Waals surface area (Å²) in [5, 5.41) is 0. The van der Waals surface area contributed by atoms with Gasteiger partial charge in [-0.1, -0.05) is 51.3 Å². The highest BCUT2D eigenvalue weighted by Gasteiger charge is 2.08. The second-order valence-corrected chi connectivity index (χ2v) is 4.95. The molecule has 1 rings (SSSR count). The maximum atomic E-state index is 11.5. The van der Waals surface area contributed by atoms with Gasteiger partial charge in [0.2, 0.25) is 0 Å². The van der Waals surface area contributed by atoms with E-state index < -0.39 is 5.97 Å². The molecule has 0 N–H and O–H groups in total. The first kappa shape index (κ1) is 17.7. The van der Waals surface area contributed by atoms with E-state index in [9.17, 15) is 4.79 Å². The van der Waals surface area contributed by atoms with Crippen molar-refractivity contribution in [3.8, 4) is 0 Å². The third kappa shape index (κ3) is 7.83. The van der Waals surface area contributed by atoms with Crippen LogP contribution < -0.4 is 0 Å². The summed E-state index contributed by atoms with van der Waals surface area (Å²) in [5.74, 6) is 0.0754. The van der Waals surface area contributed by atoms with Gasteiger partial charge in [0.1, 0.15) is 0 Å². The van der Waals surface area contributed by atoms with Crippen molar-refractivity contribution in [2.75, 3.05) is 13.2 Å². The summed E-state index contributed by atoms with van der Waals surface area (Å²) in [4.78, 5) is 20.9. The predicted molar refractivity (Wildman–Crippen MR) is 81.4 cm³/mol. The number of carbonyl (C=O) groups excluding carboxylic acids is 1. The minimum atomic E-state index is -0.513. The van der Waals surface area contributed by atoms with Crippen LogP contribution in [0.1, 0.15) is 49.9 Å². The minimum absolute atomic E-state index is 0.310. The molecule has 21 heavy (non-hydrogen) atoms. The average Bonchev–Trinajstić information content (AvgIpc) is 2.54. The number of rotatable bonds is 11. The second-order valence-electron chi connectivity index (χ2n) is 4.95. The van der Waals surface area contributed by atoms with Crippen molar-refractivity contribution in [2.45, 2.75) is 39.5 Å². The van der Waals surface area contributed by atoms with Crippen molar-refractivity contribution in [1.82, 2.24) is 0 Å². The van der Waals surface area contributed by atoms with Gasteiger partial charge in [-0.05, 0) is 24.5 Å². The van der Waals surface area contributed by atoms with Crippen LogP contribution in [0.4, 0.5) is 0 Å². The van der Waals surface area contributed by atoms with E-state index in [1.54, 1.807) is 24.3 Å². The molecular formula is C17H25O4. The number of unbranched alkanes of at least 4 members (excludes halogenated alkanes) is 1. The van der Waals surface area contributed by atoms with Gasteiger partial charge in [0.15, 0.2) is 6.61 Å². The molecule has 0 fully saturated rings. The van der Waals surface area contributed by atoms with Crippen LogP contribution in [0.25, 0.3) is 0 Å². The molecule has 1 atom stereocenters. The Balaban J connectivity index is 2.05. The van der Waals surface area contributed by atoms with Gasteiger partial charge in [-0.3, -0.25) is 4.89 Å². The molecule has 0 aliphatic rings. The first-order chi connectivity index (χ1) is 10.3. The number of ether oxygens (including phenoxy) is 1. The molecule has 0 bridgehead atoms. The fourth-order valence-electron chi connectivity index (χ4n) is 1.91. The molecule has 0 heterocycles. The van der Waals surface area contributed by atoms with E-state index in [0.717, 1.165) is 6.42 Å². The number of hydrogen-bond donors (Lipinski definition) is 0. The van der Waals surface area contributed by atoms with Gasteiger partial charge in [0.05, 0.1) is 12.2 Å². The van der Waals surface area contributed by atoms with Crippen molar-refractivity contribution in [3.63, 3.8) is 0 Å². The van der Waals surface area contributed by atoms with Crippen LogP contribution in [-0.2, 0) is 14.5 Å². The van der Waals surface area contributed by atoms with Gasteiger partial charge in [-0.2, -0.15) is 4.89 Å². The van der Waals surface area contributed by atoms with Crippen molar-refractivity contribution >= 4 is 5.97 Å². The molecule has 4 heteroatoms. The van der Waals surface area contributed by atoms with Crippen LogP contribution in [0.15, 0.2) is 30.3 Å². The maximum absolute atomic E-state index is 11.5. The molecule has 1 unspecified atom stereocenters. The Labute approximate surface area is 127 Å². The van der Waals surface area contributed by atoms with Crippen LogP contribution in [0.2, 0.25) is 0 Å². The molecule has 117 valence electrons. The fourth-order valence-corrected chi connectivity index (χ4v) is 1.91. The van der Waals surface area contributed by atoms with E-state index >= 15 is 0 Å². The summed E-state index contributed by atoms with van der Waals surface area (Å²) in [6, 6.07) is 8.71. The van der Waals surface area contributed by atoms with Crippen molar-refractivity contribution < 1.29 is 19.3 Å². The van der Waals surface area contributed by atoms with Crippen molar-refractivity contribution in [1.29, 1.82) is 0 Å². The first-order valence-corrected chi connectivity index (χ1v) is 7.60. The zero-order valence-electron chi connectivity index (χ0n) is 12.9. The third-order valence-electron chi connectivity index (χ3n) is 3.28. The lowest BCUT2D eigenvalue weighted by molar-refractivity contribution is -0.218. The van der Waals surface area contributed by atoms with Gasteiger partial charge < -0.3 is 4.74 Å². The van der Waals surface area contributed by atoms with Gasteiger partial charge in [-0.25, -0.2) is 4.79 Å². The lowest BCUT2D eigenvalue weighted by Crippen LogP contribution is -2.11. The minimum Gasteiger partial charge on any atom is -0.378 e. The van der Waals surface area contributed by atoms with Gasteiger partial charge in [-0.15, -0.1) is 0 Å². The molecule has 0 aliphatic carbocycles. The van der Waals surface area contributed by atoms with E-state index in [1.807, 2.05) is 6.07 Å². The molecule has 1 aromatic rings. The quantitative estimate of drug-likeness (QED) is 0.349. The standard InChI is InChI=1S/C17H25O4/c1-3-5-9-15(4-2)14-19-12-13-20-21-17(18)16-10-7-6-8-11-16/h6-8,10-11,13,15H,3-5,9,12,14H2,1-2H3. The fraction of sp³-hybridized carbons (Fsp3) is 0.529. The Hall–Kier alpha value is -1.39. The molecular weight excluding hydrogens is 268 g/mol. The molecule has 1 aromatic carbocycles. The SMILES string of the molecule is CCCCC(CC)COC[CH]OOC(=O)c1ccccc1. The van der Waals surface area contributed by atoms with Gasteiger partial charge in [0, 0.05) is 6.61 Å². The smallest absolute Gasteiger partial charge is 0.373 e. The Bertz CT molecular complexity index is 378. The average molecular weight is 293 g/mol. The molecule has 0 saturated carbocycles. The normalized spacial score (nSPS) is 12.1. The van der Waals surface area contributed by atoms with Crippen LogP contribution in [0.5, 0.6) is 0 Å². The van der Waals surface area contributed by atoms with E-state index in [4.69, 9.17) is 9.62 Å². The molecule has 0 spiro atoms. The van der Waals surface area contributed by atoms with E-state index in [2.05, 4.69) is 18.7 Å². The number of hydrogen-bond acceptors (Lipinski definition) is 4. The highest BCUT2D eigenvalue weighted by atomic mass is 17.2. The predicted octanol–water partition coefficient (Wildman–Crippen LogP) is 4.17. The summed E-state index contributed by atoms with van der Waals surface area (Å²) < 4.78 is 5.50. The Morgan fingerprint density at radius 1 is 1.24 bits per heavy atom. The topological polar surface area (TPSA) is 44.8 Å². The van der Waals surface area contributed by atoms with Crippen molar-refractivity contribution in [3.05, 3.63) is 42.5 Å². The van der Waals surface area contributed by atoms with Crippen LogP contribution in [-0.4, -0.2) is 19.2 Å². The Kier molecular flexibility index (Phi) is 9.49. The molecule has 0 saturated heterocycles. The number of benzene rings is 1. The molecule has 1 radical (unpaired) electrons. The zero-order chi connectivity index (χ0) is 15.3. The summed E-state index contributed by atoms with van der Waals surface area (Å²) in [7, 11) is 0. The third-order valence-corrected chi connectivity index (χ3v) is 3.28. The summed E-state index contributed by atoms with van der Waals surface area (Å²) >= 11 is 0. The molecule has 0 aliphatic heterocycles. The lowest BCUT2D eigenvalue weighted by Gasteiger charge is -2.14. The van der Waals surface area contributed by atoms with Crippen molar-refractivity contribution in [2.24, 2.45) is 5.92 Å². The van der Waals surface area contributed by atoms with Crippen LogP contribution in [0.3, 0.4) is 0 Å². The van der Waals surface area contributed by atoms with Crippen LogP contribution in [0, 0.1) is 12.5 Å². The molecule has 0 aromatic heterocycles. The molecule has 4 nitrogen and oxygen atoms in total. The summed E-state index contributed by atoms with van der Waals surface area (Å²) in [5.41, 5.74) is 0.456. The Morgan fingerprint density at radius 3 is 2.67 bits per heavy atom.